The van der Waals surface area contributed by atoms with Gasteiger partial charge in [0.15, 0.2) is 23.9 Å². The highest BCUT2D eigenvalue weighted by Crippen LogP contribution is 2.28. The van der Waals surface area contributed by atoms with Crippen molar-refractivity contribution in [3.05, 3.63) is 47.5 Å². The Hall–Kier alpha value is -3.39. The van der Waals surface area contributed by atoms with Crippen LogP contribution in [0.2, 0.25) is 5.28 Å². The Morgan fingerprint density at radius 3 is 2.37 bits per heavy atom. The summed E-state index contributed by atoms with van der Waals surface area (Å²) in [6.07, 6.45) is -4.62. The SMILES string of the molecule is CCOC(=O)C(Cc1ccccc1)(OC[C@@H](OC)[C@@H](F)[C@@H](O)n1cnc2c(N)nc(Cl)nc21)C(=O)OCC. The lowest BCUT2D eigenvalue weighted by atomic mass is 9.93. The number of nitrogen functional groups attached to an aromatic ring is 1. The molecule has 3 rings (SSSR count). The zero-order valence-corrected chi connectivity index (χ0v) is 21.8. The first kappa shape index (κ1) is 29.2. The van der Waals surface area contributed by atoms with Gasteiger partial charge in [-0.3, -0.25) is 4.57 Å². The van der Waals surface area contributed by atoms with Crippen molar-refractivity contribution in [1.82, 2.24) is 19.5 Å². The lowest BCUT2D eigenvalue weighted by Crippen LogP contribution is -2.54. The van der Waals surface area contributed by atoms with Gasteiger partial charge in [-0.25, -0.2) is 19.0 Å². The number of carbonyl (C=O) groups is 2. The fraction of sp³-hybridized carbons (Fsp3) is 0.458. The van der Waals surface area contributed by atoms with Crippen molar-refractivity contribution in [1.29, 1.82) is 0 Å². The Balaban J connectivity index is 1.91. The van der Waals surface area contributed by atoms with Crippen LogP contribution in [0.25, 0.3) is 11.2 Å². The summed E-state index contributed by atoms with van der Waals surface area (Å²) in [5.41, 5.74) is 4.19. The predicted molar refractivity (Wildman–Crippen MR) is 134 cm³/mol. The standard InChI is InChI=1S/C24H29ClFN5O7/c1-4-36-21(33)24(22(34)37-5-2,11-14-9-7-6-8-10-14)38-12-15(35-3)16(26)20(32)31-13-28-17-18(27)29-23(25)30-19(17)31/h6-10,13,15-16,20,32H,4-5,11-12H2,1-3H3,(H2,27,29,30)/t15-,16-,20-/m1/s1. The Morgan fingerprint density at radius 1 is 1.16 bits per heavy atom. The van der Waals surface area contributed by atoms with Gasteiger partial charge in [0.25, 0.3) is 5.60 Å². The number of anilines is 1. The fourth-order valence-corrected chi connectivity index (χ4v) is 3.91. The van der Waals surface area contributed by atoms with Crippen LogP contribution in [0.5, 0.6) is 0 Å². The van der Waals surface area contributed by atoms with Gasteiger partial charge in [0, 0.05) is 13.5 Å². The third-order valence-corrected chi connectivity index (χ3v) is 5.82. The van der Waals surface area contributed by atoms with Gasteiger partial charge >= 0.3 is 11.9 Å². The summed E-state index contributed by atoms with van der Waals surface area (Å²) < 4.78 is 38.0. The number of methoxy groups -OCH3 is 1. The van der Waals surface area contributed by atoms with Crippen LogP contribution in [0.3, 0.4) is 0 Å². The number of aromatic nitrogens is 4. The number of rotatable bonds is 13. The van der Waals surface area contributed by atoms with Crippen molar-refractivity contribution in [3.8, 4) is 0 Å². The van der Waals surface area contributed by atoms with Crippen molar-refractivity contribution in [2.24, 2.45) is 0 Å². The third-order valence-electron chi connectivity index (χ3n) is 5.65. The highest BCUT2D eigenvalue weighted by molar-refractivity contribution is 6.28. The normalized spacial score (nSPS) is 14.2. The van der Waals surface area contributed by atoms with Crippen LogP contribution in [0, 0.1) is 0 Å². The minimum Gasteiger partial charge on any atom is -0.463 e. The Bertz CT molecular complexity index is 1230. The van der Waals surface area contributed by atoms with Crippen LogP contribution in [-0.4, -0.2) is 81.4 Å². The topological polar surface area (TPSA) is 161 Å². The summed E-state index contributed by atoms with van der Waals surface area (Å²) >= 11 is 5.85. The number of nitrogens with zero attached hydrogens (tertiary/aromatic N) is 4. The summed E-state index contributed by atoms with van der Waals surface area (Å²) in [5.74, 6) is -2.06. The van der Waals surface area contributed by atoms with E-state index in [9.17, 15) is 14.7 Å². The van der Waals surface area contributed by atoms with E-state index in [4.69, 9.17) is 36.3 Å². The number of hydrogen-bond donors (Lipinski definition) is 2. The molecule has 0 amide bonds. The monoisotopic (exact) mass is 553 g/mol. The van der Waals surface area contributed by atoms with Gasteiger partial charge in [0.2, 0.25) is 5.28 Å². The summed E-state index contributed by atoms with van der Waals surface area (Å²) in [4.78, 5) is 37.9. The quantitative estimate of drug-likeness (QED) is 0.181. The molecule has 0 aliphatic rings. The number of ether oxygens (including phenoxy) is 4. The highest BCUT2D eigenvalue weighted by Gasteiger charge is 2.51. The van der Waals surface area contributed by atoms with E-state index in [1.807, 2.05) is 0 Å². The Morgan fingerprint density at radius 2 is 1.79 bits per heavy atom. The molecule has 0 spiro atoms. The molecule has 0 fully saturated rings. The van der Waals surface area contributed by atoms with E-state index in [1.165, 1.54) is 7.11 Å². The molecule has 0 aliphatic carbocycles. The van der Waals surface area contributed by atoms with Gasteiger partial charge in [-0.1, -0.05) is 30.3 Å². The van der Waals surface area contributed by atoms with E-state index in [-0.39, 0.29) is 41.9 Å². The smallest absolute Gasteiger partial charge is 0.350 e. The molecule has 2 aromatic heterocycles. The maximum atomic E-state index is 15.6. The van der Waals surface area contributed by atoms with Crippen LogP contribution in [0.1, 0.15) is 25.6 Å². The van der Waals surface area contributed by atoms with Crippen LogP contribution in [0.4, 0.5) is 10.2 Å². The number of fused-ring (bicyclic) bond motifs is 1. The van der Waals surface area contributed by atoms with Crippen LogP contribution in [0.15, 0.2) is 36.7 Å². The number of aliphatic hydroxyl groups excluding tert-OH is 1. The second-order valence-corrected chi connectivity index (χ2v) is 8.41. The number of esters is 2. The zero-order valence-electron chi connectivity index (χ0n) is 21.0. The molecule has 2 heterocycles. The van der Waals surface area contributed by atoms with Crippen molar-refractivity contribution in [2.75, 3.05) is 32.7 Å². The first-order valence-electron chi connectivity index (χ1n) is 11.7. The Labute approximate surface area is 222 Å². The predicted octanol–water partition coefficient (Wildman–Crippen LogP) is 2.03. The lowest BCUT2D eigenvalue weighted by Gasteiger charge is -2.32. The third kappa shape index (κ3) is 6.18. The molecule has 206 valence electrons. The number of hydrogen-bond acceptors (Lipinski definition) is 11. The van der Waals surface area contributed by atoms with Crippen LogP contribution in [-0.2, 0) is 35.0 Å². The molecule has 3 atom stereocenters. The number of alkyl halides is 1. The van der Waals surface area contributed by atoms with Gasteiger partial charge in [-0.2, -0.15) is 9.97 Å². The van der Waals surface area contributed by atoms with Gasteiger partial charge in [0.05, 0.1) is 26.1 Å². The second kappa shape index (κ2) is 12.9. The van der Waals surface area contributed by atoms with Crippen molar-refractivity contribution < 1.29 is 38.0 Å². The second-order valence-electron chi connectivity index (χ2n) is 8.08. The number of benzene rings is 1. The molecule has 0 saturated heterocycles. The molecule has 0 saturated carbocycles. The number of aliphatic hydroxyl groups is 1. The molecule has 0 bridgehead atoms. The summed E-state index contributed by atoms with van der Waals surface area (Å²) in [6.45, 7) is 2.42. The largest absolute Gasteiger partial charge is 0.463 e. The molecule has 3 aromatic rings. The maximum Gasteiger partial charge on any atom is 0.350 e. The van der Waals surface area contributed by atoms with E-state index in [1.54, 1.807) is 44.2 Å². The van der Waals surface area contributed by atoms with Gasteiger partial charge < -0.3 is 29.8 Å². The molecular formula is C24H29ClFN5O7. The van der Waals surface area contributed by atoms with E-state index >= 15 is 4.39 Å². The van der Waals surface area contributed by atoms with Gasteiger partial charge in [-0.05, 0) is 31.0 Å². The van der Waals surface area contributed by atoms with Crippen LogP contribution >= 0.6 is 11.6 Å². The number of nitrogens with two attached hydrogens (primary N) is 1. The average Bonchev–Trinajstić information content (AvgIpc) is 3.32. The van der Waals surface area contributed by atoms with E-state index in [2.05, 4.69) is 15.0 Å². The summed E-state index contributed by atoms with van der Waals surface area (Å²) in [6, 6.07) is 8.59. The molecule has 38 heavy (non-hydrogen) atoms. The zero-order chi connectivity index (χ0) is 27.9. The average molecular weight is 554 g/mol. The summed E-state index contributed by atoms with van der Waals surface area (Å²) in [7, 11) is 1.18. The van der Waals surface area contributed by atoms with Crippen molar-refractivity contribution >= 4 is 40.5 Å². The lowest BCUT2D eigenvalue weighted by molar-refractivity contribution is -0.198. The minimum atomic E-state index is -2.26. The molecule has 0 radical (unpaired) electrons. The Kier molecular flexibility index (Phi) is 9.91. The highest BCUT2D eigenvalue weighted by atomic mass is 35.5. The molecular weight excluding hydrogens is 525 g/mol. The minimum absolute atomic E-state index is 0.00936. The number of carbonyl (C=O) groups excluding carboxylic acids is 2. The first-order valence-corrected chi connectivity index (χ1v) is 12.1. The van der Waals surface area contributed by atoms with Gasteiger partial charge in [0.1, 0.15) is 11.6 Å². The molecule has 14 heteroatoms. The van der Waals surface area contributed by atoms with Crippen molar-refractivity contribution in [3.63, 3.8) is 0 Å². The first-order chi connectivity index (χ1) is 18.2. The molecule has 12 nitrogen and oxygen atoms in total. The molecule has 0 unspecified atom stereocenters. The fourth-order valence-electron chi connectivity index (χ4n) is 3.74. The van der Waals surface area contributed by atoms with Gasteiger partial charge in [-0.15, -0.1) is 0 Å². The van der Waals surface area contributed by atoms with Crippen molar-refractivity contribution in [2.45, 2.75) is 44.4 Å². The molecule has 3 N–H and O–H groups in total. The number of halogens is 2. The molecule has 0 aliphatic heterocycles. The molecule has 1 aromatic carbocycles. The van der Waals surface area contributed by atoms with Crippen LogP contribution < -0.4 is 5.73 Å². The van der Waals surface area contributed by atoms with E-state index in [0.717, 1.165) is 10.9 Å². The number of imidazole rings is 1. The van der Waals surface area contributed by atoms with E-state index in [0.29, 0.717) is 5.56 Å². The maximum absolute atomic E-state index is 15.6. The summed E-state index contributed by atoms with van der Waals surface area (Å²) in [5, 5.41) is 10.6. The van der Waals surface area contributed by atoms with E-state index < -0.39 is 42.7 Å².